The SMILES string of the molecule is CC(C)c1sc(Cl)nc1C(=O)N[C@H](c1nc2ccccc2n1C)C(C)C. The van der Waals surface area contributed by atoms with Crippen molar-refractivity contribution >= 4 is 39.9 Å². The lowest BCUT2D eigenvalue weighted by molar-refractivity contribution is 0.0917. The Balaban J connectivity index is 1.96. The molecule has 1 amide bonds. The number of rotatable bonds is 5. The van der Waals surface area contributed by atoms with Crippen molar-refractivity contribution in [1.29, 1.82) is 0 Å². The fourth-order valence-corrected chi connectivity index (χ4v) is 4.16. The monoisotopic (exact) mass is 390 g/mol. The molecule has 0 aliphatic rings. The van der Waals surface area contributed by atoms with Gasteiger partial charge in [-0.1, -0.05) is 51.4 Å². The molecule has 1 N–H and O–H groups in total. The number of aryl methyl sites for hydroxylation is 1. The molecule has 0 aliphatic carbocycles. The number of thiazole rings is 1. The predicted octanol–water partition coefficient (Wildman–Crippen LogP) is 4.93. The Labute approximate surface area is 162 Å². The molecular weight excluding hydrogens is 368 g/mol. The first-order valence-corrected chi connectivity index (χ1v) is 9.87. The molecule has 0 aliphatic heterocycles. The molecule has 0 fully saturated rings. The van der Waals surface area contributed by atoms with E-state index in [4.69, 9.17) is 16.6 Å². The van der Waals surface area contributed by atoms with Crippen LogP contribution in [0, 0.1) is 5.92 Å². The molecule has 0 saturated carbocycles. The molecule has 26 heavy (non-hydrogen) atoms. The number of fused-ring (bicyclic) bond motifs is 1. The second-order valence-electron chi connectivity index (χ2n) is 7.05. The summed E-state index contributed by atoms with van der Waals surface area (Å²) in [5.41, 5.74) is 2.38. The van der Waals surface area contributed by atoms with Gasteiger partial charge in [0.15, 0.2) is 4.47 Å². The third-order valence-electron chi connectivity index (χ3n) is 4.42. The fourth-order valence-electron chi connectivity index (χ4n) is 3.04. The molecule has 3 rings (SSSR count). The molecule has 0 spiro atoms. The first-order chi connectivity index (χ1) is 12.3. The van der Waals surface area contributed by atoms with Gasteiger partial charge in [0.2, 0.25) is 0 Å². The van der Waals surface area contributed by atoms with Gasteiger partial charge in [0, 0.05) is 11.9 Å². The smallest absolute Gasteiger partial charge is 0.271 e. The van der Waals surface area contributed by atoms with Crippen molar-refractivity contribution in [2.45, 2.75) is 39.7 Å². The molecule has 138 valence electrons. The number of carbonyl (C=O) groups excluding carboxylic acids is 1. The van der Waals surface area contributed by atoms with Crippen molar-refractivity contribution in [3.63, 3.8) is 0 Å². The number of para-hydroxylation sites is 2. The van der Waals surface area contributed by atoms with Gasteiger partial charge in [-0.05, 0) is 24.0 Å². The van der Waals surface area contributed by atoms with Crippen molar-refractivity contribution < 1.29 is 4.79 Å². The summed E-state index contributed by atoms with van der Waals surface area (Å²) in [6, 6.07) is 7.74. The van der Waals surface area contributed by atoms with E-state index in [1.54, 1.807) is 0 Å². The minimum Gasteiger partial charge on any atom is -0.340 e. The number of nitrogens with one attached hydrogen (secondary N) is 1. The zero-order valence-corrected chi connectivity index (χ0v) is 17.1. The van der Waals surface area contributed by atoms with Crippen molar-refractivity contribution in [2.24, 2.45) is 13.0 Å². The number of imidazole rings is 1. The Hall–Kier alpha value is -1.92. The van der Waals surface area contributed by atoms with Crippen LogP contribution < -0.4 is 5.32 Å². The van der Waals surface area contributed by atoms with Crippen LogP contribution in [0.4, 0.5) is 0 Å². The van der Waals surface area contributed by atoms with Crippen molar-refractivity contribution in [1.82, 2.24) is 19.9 Å². The number of carbonyl (C=O) groups is 1. The van der Waals surface area contributed by atoms with E-state index in [-0.39, 0.29) is 23.8 Å². The molecule has 2 aromatic heterocycles. The van der Waals surface area contributed by atoms with Gasteiger partial charge in [0.1, 0.15) is 11.5 Å². The lowest BCUT2D eigenvalue weighted by atomic mass is 10.0. The van der Waals surface area contributed by atoms with Crippen molar-refractivity contribution in [3.05, 3.63) is 45.1 Å². The molecule has 1 atom stereocenters. The number of nitrogens with zero attached hydrogens (tertiary/aromatic N) is 3. The Morgan fingerprint density at radius 3 is 2.50 bits per heavy atom. The number of hydrogen-bond donors (Lipinski definition) is 1. The van der Waals surface area contributed by atoms with Crippen LogP contribution in [0.5, 0.6) is 0 Å². The second-order valence-corrected chi connectivity index (χ2v) is 8.66. The first-order valence-electron chi connectivity index (χ1n) is 8.68. The number of aromatic nitrogens is 3. The standard InChI is InChI=1S/C19H23ClN4OS/c1-10(2)14(17-21-12-8-6-7-9-13(12)24(17)5)22-18(25)15-16(11(3)4)26-19(20)23-15/h6-11,14H,1-5H3,(H,22,25)/t14-/m0/s1. The molecule has 5 nitrogen and oxygen atoms in total. The van der Waals surface area contributed by atoms with E-state index in [1.807, 2.05) is 49.7 Å². The van der Waals surface area contributed by atoms with E-state index in [2.05, 4.69) is 24.1 Å². The highest BCUT2D eigenvalue weighted by molar-refractivity contribution is 7.16. The van der Waals surface area contributed by atoms with Crippen LogP contribution in [0.15, 0.2) is 24.3 Å². The summed E-state index contributed by atoms with van der Waals surface area (Å²) in [6.07, 6.45) is 0. The van der Waals surface area contributed by atoms with Crippen LogP contribution in [-0.2, 0) is 7.05 Å². The highest BCUT2D eigenvalue weighted by atomic mass is 35.5. The quantitative estimate of drug-likeness (QED) is 0.671. The Bertz CT molecular complexity index is 944. The fraction of sp³-hybridized carbons (Fsp3) is 0.421. The Morgan fingerprint density at radius 2 is 1.88 bits per heavy atom. The van der Waals surface area contributed by atoms with E-state index in [0.717, 1.165) is 21.7 Å². The topological polar surface area (TPSA) is 59.8 Å². The maximum absolute atomic E-state index is 12.9. The molecule has 0 saturated heterocycles. The average Bonchev–Trinajstić information content (AvgIpc) is 3.13. The summed E-state index contributed by atoms with van der Waals surface area (Å²) in [7, 11) is 1.98. The second kappa shape index (κ2) is 7.37. The maximum Gasteiger partial charge on any atom is 0.271 e. The van der Waals surface area contributed by atoms with Gasteiger partial charge in [-0.2, -0.15) is 0 Å². The highest BCUT2D eigenvalue weighted by Crippen LogP contribution is 2.31. The van der Waals surface area contributed by atoms with Gasteiger partial charge in [-0.3, -0.25) is 4.79 Å². The first kappa shape index (κ1) is 18.9. The van der Waals surface area contributed by atoms with Crippen molar-refractivity contribution in [3.8, 4) is 0 Å². The van der Waals surface area contributed by atoms with Crippen molar-refractivity contribution in [2.75, 3.05) is 0 Å². The molecule has 2 heterocycles. The van der Waals surface area contributed by atoms with Gasteiger partial charge in [0.25, 0.3) is 5.91 Å². The zero-order valence-electron chi connectivity index (χ0n) is 15.6. The van der Waals surface area contributed by atoms with E-state index in [0.29, 0.717) is 10.2 Å². The van der Waals surface area contributed by atoms with Gasteiger partial charge in [-0.15, -0.1) is 11.3 Å². The van der Waals surface area contributed by atoms with Gasteiger partial charge < -0.3 is 9.88 Å². The summed E-state index contributed by atoms with van der Waals surface area (Å²) in [4.78, 5) is 22.8. The van der Waals surface area contributed by atoms with Gasteiger partial charge >= 0.3 is 0 Å². The summed E-state index contributed by atoms with van der Waals surface area (Å²) < 4.78 is 2.43. The largest absolute Gasteiger partial charge is 0.340 e. The normalized spacial score (nSPS) is 12.9. The zero-order chi connectivity index (χ0) is 19.0. The summed E-state index contributed by atoms with van der Waals surface area (Å²) >= 11 is 7.42. The van der Waals surface area contributed by atoms with Crippen LogP contribution in [0.25, 0.3) is 11.0 Å². The molecule has 1 aromatic carbocycles. The van der Waals surface area contributed by atoms with Crippen LogP contribution in [0.2, 0.25) is 4.47 Å². The number of amides is 1. The van der Waals surface area contributed by atoms with E-state index in [9.17, 15) is 4.79 Å². The summed E-state index contributed by atoms with van der Waals surface area (Å²) in [5.74, 6) is 0.990. The molecule has 7 heteroatoms. The van der Waals surface area contributed by atoms with Gasteiger partial charge in [0.05, 0.1) is 17.1 Å². The molecule has 0 bridgehead atoms. The highest BCUT2D eigenvalue weighted by Gasteiger charge is 2.27. The molecular formula is C19H23ClN4OS. The predicted molar refractivity (Wildman–Crippen MR) is 107 cm³/mol. The summed E-state index contributed by atoms with van der Waals surface area (Å²) in [5, 5.41) is 3.12. The molecule has 0 unspecified atom stereocenters. The summed E-state index contributed by atoms with van der Waals surface area (Å²) in [6.45, 7) is 8.21. The minimum atomic E-state index is -0.222. The third kappa shape index (κ3) is 3.48. The van der Waals surface area contributed by atoms with Gasteiger partial charge in [-0.25, -0.2) is 9.97 Å². The minimum absolute atomic E-state index is 0.172. The van der Waals surface area contributed by atoms with Crippen LogP contribution in [0.1, 0.15) is 60.8 Å². The number of hydrogen-bond acceptors (Lipinski definition) is 4. The average molecular weight is 391 g/mol. The maximum atomic E-state index is 12.9. The van der Waals surface area contributed by atoms with E-state index in [1.165, 1.54) is 11.3 Å². The lowest BCUT2D eigenvalue weighted by Crippen LogP contribution is -2.34. The lowest BCUT2D eigenvalue weighted by Gasteiger charge is -2.22. The number of benzene rings is 1. The van der Waals surface area contributed by atoms with E-state index >= 15 is 0 Å². The van der Waals surface area contributed by atoms with E-state index < -0.39 is 0 Å². The molecule has 3 aromatic rings. The molecule has 0 radical (unpaired) electrons. The Kier molecular flexibility index (Phi) is 5.34. The van der Waals surface area contributed by atoms with Crippen LogP contribution >= 0.6 is 22.9 Å². The van der Waals surface area contributed by atoms with Crippen LogP contribution in [0.3, 0.4) is 0 Å². The third-order valence-corrected chi connectivity index (χ3v) is 5.88. The Morgan fingerprint density at radius 1 is 1.19 bits per heavy atom. The number of halogens is 1. The van der Waals surface area contributed by atoms with Crippen LogP contribution in [-0.4, -0.2) is 20.4 Å².